The summed E-state index contributed by atoms with van der Waals surface area (Å²) in [6.45, 7) is 4.81. The second-order valence-corrected chi connectivity index (χ2v) is 18.2. The molecule has 10 atom stereocenters. The van der Waals surface area contributed by atoms with Crippen LogP contribution in [-0.2, 0) is 56.0 Å². The first-order valence-electron chi connectivity index (χ1n) is 22.9. The molecule has 8 amide bonds. The number of nitrogens with one attached hydrogen (secondary N) is 10. The average Bonchev–Trinajstić information content (AvgIpc) is 4.02. The van der Waals surface area contributed by atoms with Crippen LogP contribution in [-0.4, -0.2) is 175 Å². The Balaban J connectivity index is 1.82. The molecule has 0 saturated carbocycles. The van der Waals surface area contributed by atoms with Crippen molar-refractivity contribution in [1.29, 1.82) is 0 Å². The molecular weight excluding hydrogens is 949 g/mol. The van der Waals surface area contributed by atoms with Crippen LogP contribution >= 0.6 is 11.8 Å². The SMILES string of the molecule is CC[C@H](C)[C@H](NC(=O)[C@@H](N)CCSC)C(=O)N[C@@H](Cc1c[nH]c2ccccc12)C(=O)N[C@@H](Cc1cnc[nH]1)C(=O)N[C@@H](CO)C(=O)N[C@@H](CO)C(=O)N[C@@H](C)C(=O)N[C@@H](CO)C(=O)N[C@H](C(=O)O)C(C)C. The molecule has 16 N–H and O–H groups in total. The van der Waals surface area contributed by atoms with Crippen LogP contribution in [0.3, 0.4) is 0 Å². The van der Waals surface area contributed by atoms with Crippen LogP contribution in [0.15, 0.2) is 43.0 Å². The lowest BCUT2D eigenvalue weighted by molar-refractivity contribution is -0.144. The third-order valence-corrected chi connectivity index (χ3v) is 12.2. The van der Waals surface area contributed by atoms with Crippen LogP contribution < -0.4 is 48.3 Å². The van der Waals surface area contributed by atoms with Crippen molar-refractivity contribution in [1.82, 2.24) is 57.5 Å². The number of nitrogens with zero attached hydrogens (tertiary/aromatic N) is 1. The molecule has 0 saturated heterocycles. The van der Waals surface area contributed by atoms with Gasteiger partial charge in [-0.25, -0.2) is 9.78 Å². The molecule has 0 unspecified atom stereocenters. The lowest BCUT2D eigenvalue weighted by Gasteiger charge is -2.28. The molecule has 0 aliphatic rings. The van der Waals surface area contributed by atoms with E-state index in [0.717, 1.165) is 10.9 Å². The summed E-state index contributed by atoms with van der Waals surface area (Å²) in [6.07, 6.45) is 6.73. The summed E-state index contributed by atoms with van der Waals surface area (Å²) < 4.78 is 0. The molecule has 3 aromatic rings. The maximum Gasteiger partial charge on any atom is 0.326 e. The Labute approximate surface area is 414 Å². The smallest absolute Gasteiger partial charge is 0.326 e. The number of carboxylic acid groups (broad SMARTS) is 1. The van der Waals surface area contributed by atoms with Gasteiger partial charge in [-0.1, -0.05) is 52.3 Å². The van der Waals surface area contributed by atoms with Crippen molar-refractivity contribution in [2.75, 3.05) is 31.8 Å². The van der Waals surface area contributed by atoms with Crippen LogP contribution in [0.1, 0.15) is 58.7 Å². The quantitative estimate of drug-likeness (QED) is 0.0307. The first kappa shape index (κ1) is 58.7. The van der Waals surface area contributed by atoms with E-state index in [2.05, 4.69) is 57.5 Å². The van der Waals surface area contributed by atoms with Crippen LogP contribution in [0.4, 0.5) is 0 Å². The Morgan fingerprint density at radius 2 is 1.15 bits per heavy atom. The highest BCUT2D eigenvalue weighted by molar-refractivity contribution is 7.98. The van der Waals surface area contributed by atoms with Crippen molar-refractivity contribution in [2.45, 2.75) is 115 Å². The fraction of sp³-hybridized carbons (Fsp3) is 0.556. The zero-order chi connectivity index (χ0) is 52.9. The minimum atomic E-state index is -1.79. The van der Waals surface area contributed by atoms with E-state index < -0.39 is 139 Å². The van der Waals surface area contributed by atoms with E-state index in [9.17, 15) is 63.6 Å². The average molecular weight is 1020 g/mol. The number of aliphatic carboxylic acids is 1. The Kier molecular flexibility index (Phi) is 23.9. The van der Waals surface area contributed by atoms with Gasteiger partial charge in [0.1, 0.15) is 48.3 Å². The van der Waals surface area contributed by atoms with Gasteiger partial charge in [0, 0.05) is 41.8 Å². The molecule has 392 valence electrons. The monoisotopic (exact) mass is 1020 g/mol. The predicted octanol–water partition coefficient (Wildman–Crippen LogP) is -3.58. The molecule has 25 nitrogen and oxygen atoms in total. The van der Waals surface area contributed by atoms with Crippen LogP contribution in [0.25, 0.3) is 10.9 Å². The van der Waals surface area contributed by atoms with Crippen molar-refractivity contribution in [3.63, 3.8) is 0 Å². The van der Waals surface area contributed by atoms with E-state index in [-0.39, 0.29) is 12.8 Å². The van der Waals surface area contributed by atoms with Gasteiger partial charge in [0.25, 0.3) is 0 Å². The molecular formula is C45H68N12O13S. The number of thioether (sulfide) groups is 1. The Morgan fingerprint density at radius 1 is 0.648 bits per heavy atom. The minimum absolute atomic E-state index is 0.0934. The molecule has 26 heteroatoms. The first-order valence-corrected chi connectivity index (χ1v) is 24.3. The summed E-state index contributed by atoms with van der Waals surface area (Å²) >= 11 is 1.51. The summed E-state index contributed by atoms with van der Waals surface area (Å²) in [5.74, 6) is -9.10. The third-order valence-electron chi connectivity index (χ3n) is 11.5. The van der Waals surface area contributed by atoms with E-state index >= 15 is 0 Å². The number of benzene rings is 1. The third kappa shape index (κ3) is 17.6. The predicted molar refractivity (Wildman–Crippen MR) is 260 cm³/mol. The molecule has 2 aromatic heterocycles. The van der Waals surface area contributed by atoms with Crippen molar-refractivity contribution in [3.8, 4) is 0 Å². The molecule has 3 rings (SSSR count). The number of aliphatic hydroxyl groups is 3. The number of aromatic nitrogens is 3. The highest BCUT2D eigenvalue weighted by atomic mass is 32.2. The first-order chi connectivity index (χ1) is 33.7. The maximum absolute atomic E-state index is 14.4. The zero-order valence-electron chi connectivity index (χ0n) is 40.4. The van der Waals surface area contributed by atoms with Crippen LogP contribution in [0, 0.1) is 11.8 Å². The van der Waals surface area contributed by atoms with E-state index in [4.69, 9.17) is 5.73 Å². The van der Waals surface area contributed by atoms with Crippen molar-refractivity contribution in [2.24, 2.45) is 17.6 Å². The van der Waals surface area contributed by atoms with Gasteiger partial charge in [-0.2, -0.15) is 11.8 Å². The summed E-state index contributed by atoms with van der Waals surface area (Å²) in [5, 5.41) is 59.5. The van der Waals surface area contributed by atoms with Gasteiger partial charge >= 0.3 is 5.97 Å². The maximum atomic E-state index is 14.4. The summed E-state index contributed by atoms with van der Waals surface area (Å²) in [6, 6.07) is -5.59. The zero-order valence-corrected chi connectivity index (χ0v) is 41.3. The summed E-state index contributed by atoms with van der Waals surface area (Å²) in [4.78, 5) is 129. The Bertz CT molecular complexity index is 2280. The number of hydrogen-bond acceptors (Lipinski definition) is 15. The van der Waals surface area contributed by atoms with Gasteiger partial charge in [0.2, 0.25) is 47.3 Å². The number of carbonyl (C=O) groups is 9. The van der Waals surface area contributed by atoms with Gasteiger partial charge in [0.15, 0.2) is 0 Å². The Morgan fingerprint density at radius 3 is 1.69 bits per heavy atom. The second kappa shape index (κ2) is 28.9. The number of carboxylic acids is 1. The van der Waals surface area contributed by atoms with E-state index in [0.29, 0.717) is 29.9 Å². The van der Waals surface area contributed by atoms with Crippen LogP contribution in [0.2, 0.25) is 0 Å². The molecule has 0 aliphatic heterocycles. The number of carbonyl (C=O) groups excluding carboxylic acids is 8. The standard InChI is InChI=1S/C45H68N12O13S/c1-7-23(4)36(57-38(62)28(46)12-13-71-6)44(68)52-30(14-25-16-48-29-11-9-8-10-27(25)29)39(63)51-31(15-26-17-47-21-49-26)40(64)54-33(19-59)42(66)55-32(18-58)41(65)50-24(5)37(61)53-34(20-60)43(67)56-35(22(2)3)45(69)70/h8-11,16-17,21-24,28,30-36,48,58-60H,7,12-15,18-20,46H2,1-6H3,(H,47,49)(H,50,65)(H,51,63)(H,52,68)(H,53,61)(H,54,64)(H,55,66)(H,56,67)(H,57,62)(H,69,70)/t23-,24-,28-,30-,31-,32-,33-,34-,35-,36-/m0/s1. The van der Waals surface area contributed by atoms with Gasteiger partial charge in [-0.3, -0.25) is 38.4 Å². The fourth-order valence-electron chi connectivity index (χ4n) is 7.00. The van der Waals surface area contributed by atoms with Gasteiger partial charge in [0.05, 0.1) is 32.2 Å². The van der Waals surface area contributed by atoms with Crippen LogP contribution in [0.5, 0.6) is 0 Å². The number of imidazole rings is 1. The molecule has 0 aliphatic carbocycles. The van der Waals surface area contributed by atoms with Crippen molar-refractivity contribution < 1.29 is 63.6 Å². The summed E-state index contributed by atoms with van der Waals surface area (Å²) in [5.41, 5.74) is 7.85. The number of H-pyrrole nitrogens is 2. The van der Waals surface area contributed by atoms with Crippen molar-refractivity contribution >= 4 is 75.9 Å². The van der Waals surface area contributed by atoms with Crippen molar-refractivity contribution in [3.05, 3.63) is 54.2 Å². The number of amides is 8. The number of nitrogens with two attached hydrogens (primary N) is 1. The molecule has 0 bridgehead atoms. The van der Waals surface area contributed by atoms with E-state index in [1.165, 1.54) is 45.1 Å². The largest absolute Gasteiger partial charge is 0.480 e. The van der Waals surface area contributed by atoms with Gasteiger partial charge < -0.3 is 78.7 Å². The number of para-hydroxylation sites is 1. The van der Waals surface area contributed by atoms with Gasteiger partial charge in [-0.05, 0) is 48.8 Å². The minimum Gasteiger partial charge on any atom is -0.480 e. The second-order valence-electron chi connectivity index (χ2n) is 17.3. The number of fused-ring (bicyclic) bond motifs is 1. The topological polar surface area (TPSA) is 401 Å². The van der Waals surface area contributed by atoms with Gasteiger partial charge in [-0.15, -0.1) is 0 Å². The number of rotatable bonds is 30. The number of aromatic amines is 2. The molecule has 1 aromatic carbocycles. The lowest BCUT2D eigenvalue weighted by Crippen LogP contribution is -2.62. The van der Waals surface area contributed by atoms with E-state index in [1.807, 2.05) is 31.4 Å². The number of hydrogen-bond donors (Lipinski definition) is 15. The Hall–Kier alpha value is -6.61. The molecule has 71 heavy (non-hydrogen) atoms. The molecule has 0 fully saturated rings. The van der Waals surface area contributed by atoms with E-state index in [1.54, 1.807) is 19.2 Å². The fourth-order valence-corrected chi connectivity index (χ4v) is 7.49. The molecule has 2 heterocycles. The highest BCUT2D eigenvalue weighted by Gasteiger charge is 2.36. The lowest BCUT2D eigenvalue weighted by atomic mass is 9.96. The molecule has 0 spiro atoms. The number of aliphatic hydroxyl groups excluding tert-OH is 3. The summed E-state index contributed by atoms with van der Waals surface area (Å²) in [7, 11) is 0. The normalized spacial score (nSPS) is 15.5. The molecule has 0 radical (unpaired) electrons. The highest BCUT2D eigenvalue weighted by Crippen LogP contribution is 2.20.